The molecule has 0 aliphatic carbocycles. The van der Waals surface area contributed by atoms with Crippen molar-refractivity contribution >= 4 is 12.4 Å². The summed E-state index contributed by atoms with van der Waals surface area (Å²) in [6, 6.07) is 5.00. The molecule has 0 aliphatic rings. The van der Waals surface area contributed by atoms with Crippen molar-refractivity contribution in [3.63, 3.8) is 0 Å². The molecule has 0 aromatic heterocycles. The molecule has 0 saturated carbocycles. The van der Waals surface area contributed by atoms with E-state index >= 15 is 0 Å². The van der Waals surface area contributed by atoms with E-state index in [-0.39, 0.29) is 0 Å². The van der Waals surface area contributed by atoms with Crippen LogP contribution in [0.3, 0.4) is 0 Å². The maximum absolute atomic E-state index is 12.0. The number of amides is 1. The zero-order valence-corrected chi connectivity index (χ0v) is 13.9. The summed E-state index contributed by atoms with van der Waals surface area (Å²) in [6.45, 7) is 6.83. The Kier molecular flexibility index (Phi) is 5.41. The predicted molar refractivity (Wildman–Crippen MR) is 82.3 cm³/mol. The van der Waals surface area contributed by atoms with Gasteiger partial charge >= 0.3 is 6.09 Å². The summed E-state index contributed by atoms with van der Waals surface area (Å²) in [5.74, 6) is 1.04. The minimum absolute atomic E-state index is 0.522. The number of carbonyl (C=O) groups is 2. The highest BCUT2D eigenvalue weighted by atomic mass is 16.6. The second-order valence-corrected chi connectivity index (χ2v) is 6.05. The minimum atomic E-state index is -1.26. The summed E-state index contributed by atoms with van der Waals surface area (Å²) >= 11 is 0. The van der Waals surface area contributed by atoms with E-state index < -0.39 is 17.2 Å². The molecule has 0 aliphatic heterocycles. The SMILES string of the molecule is COc1cc(OC)cc(C(C)(C=O)NC(=O)OC(C)(C)C)c1. The summed E-state index contributed by atoms with van der Waals surface area (Å²) in [5, 5.41) is 2.58. The maximum atomic E-state index is 12.0. The lowest BCUT2D eigenvalue weighted by molar-refractivity contribution is -0.113. The molecule has 1 atom stereocenters. The molecule has 1 unspecified atom stereocenters. The van der Waals surface area contributed by atoms with E-state index in [1.807, 2.05) is 0 Å². The smallest absolute Gasteiger partial charge is 0.408 e. The first-order valence-corrected chi connectivity index (χ1v) is 6.84. The van der Waals surface area contributed by atoms with Crippen molar-refractivity contribution in [2.24, 2.45) is 0 Å². The van der Waals surface area contributed by atoms with Crippen LogP contribution in [0.4, 0.5) is 4.79 Å². The Labute approximate surface area is 130 Å². The summed E-state index contributed by atoms with van der Waals surface area (Å²) < 4.78 is 15.6. The van der Waals surface area contributed by atoms with E-state index in [4.69, 9.17) is 14.2 Å². The van der Waals surface area contributed by atoms with Crippen molar-refractivity contribution in [2.75, 3.05) is 14.2 Å². The van der Waals surface area contributed by atoms with Crippen molar-refractivity contribution < 1.29 is 23.8 Å². The molecule has 1 aromatic rings. The molecule has 0 fully saturated rings. The molecule has 0 spiro atoms. The molecular weight excluding hydrogens is 286 g/mol. The number of benzene rings is 1. The van der Waals surface area contributed by atoms with Crippen LogP contribution < -0.4 is 14.8 Å². The lowest BCUT2D eigenvalue weighted by Gasteiger charge is -2.28. The average Bonchev–Trinajstić information content (AvgIpc) is 2.44. The van der Waals surface area contributed by atoms with Crippen LogP contribution in [0, 0.1) is 0 Å². The first kappa shape index (κ1) is 17.8. The van der Waals surface area contributed by atoms with E-state index in [2.05, 4.69) is 5.32 Å². The lowest BCUT2D eigenvalue weighted by atomic mass is 9.93. The van der Waals surface area contributed by atoms with Crippen LogP contribution in [-0.2, 0) is 15.1 Å². The van der Waals surface area contributed by atoms with Crippen LogP contribution in [0.15, 0.2) is 18.2 Å². The molecular formula is C16H23NO5. The van der Waals surface area contributed by atoms with E-state index in [9.17, 15) is 9.59 Å². The number of hydrogen-bond acceptors (Lipinski definition) is 5. The van der Waals surface area contributed by atoms with Crippen molar-refractivity contribution in [1.29, 1.82) is 0 Å². The minimum Gasteiger partial charge on any atom is -0.497 e. The van der Waals surface area contributed by atoms with Crippen molar-refractivity contribution in [3.8, 4) is 11.5 Å². The Balaban J connectivity index is 3.12. The normalized spacial score (nSPS) is 13.7. The molecule has 22 heavy (non-hydrogen) atoms. The molecule has 0 bridgehead atoms. The van der Waals surface area contributed by atoms with Gasteiger partial charge in [0.15, 0.2) is 0 Å². The molecule has 1 amide bonds. The molecule has 0 heterocycles. The van der Waals surface area contributed by atoms with Gasteiger partial charge in [0.1, 0.15) is 28.9 Å². The van der Waals surface area contributed by atoms with Crippen LogP contribution in [0.2, 0.25) is 0 Å². The summed E-state index contributed by atoms with van der Waals surface area (Å²) in [5.41, 5.74) is -1.38. The fourth-order valence-corrected chi connectivity index (χ4v) is 1.79. The molecule has 1 aromatic carbocycles. The number of nitrogens with one attached hydrogen (secondary N) is 1. The summed E-state index contributed by atoms with van der Waals surface area (Å²) in [6.07, 6.45) is -0.0330. The quantitative estimate of drug-likeness (QED) is 0.846. The van der Waals surface area contributed by atoms with Gasteiger partial charge in [0.2, 0.25) is 0 Å². The van der Waals surface area contributed by atoms with Gasteiger partial charge in [-0.1, -0.05) is 0 Å². The third-order valence-electron chi connectivity index (χ3n) is 2.95. The van der Waals surface area contributed by atoms with Gasteiger partial charge in [0.05, 0.1) is 14.2 Å². The molecule has 0 saturated heterocycles. The van der Waals surface area contributed by atoms with E-state index in [1.54, 1.807) is 45.9 Å². The Morgan fingerprint density at radius 2 is 1.55 bits per heavy atom. The Bertz CT molecular complexity index is 528. The number of alkyl carbamates (subject to hydrolysis) is 1. The number of rotatable bonds is 5. The maximum Gasteiger partial charge on any atom is 0.408 e. The topological polar surface area (TPSA) is 73.9 Å². The molecule has 0 radical (unpaired) electrons. The Morgan fingerprint density at radius 3 is 1.91 bits per heavy atom. The molecule has 1 rings (SSSR count). The van der Waals surface area contributed by atoms with Crippen LogP contribution in [-0.4, -0.2) is 32.2 Å². The number of carbonyl (C=O) groups excluding carboxylic acids is 2. The fourth-order valence-electron chi connectivity index (χ4n) is 1.79. The second kappa shape index (κ2) is 6.68. The first-order chi connectivity index (χ1) is 10.1. The number of aldehydes is 1. The first-order valence-electron chi connectivity index (χ1n) is 6.84. The Morgan fingerprint density at radius 1 is 1.05 bits per heavy atom. The molecule has 1 N–H and O–H groups in total. The standard InChI is InChI=1S/C16H23NO5/c1-15(2,3)22-14(19)17-16(4,10-18)11-7-12(20-5)9-13(8-11)21-6/h7-10H,1-6H3,(H,17,19). The predicted octanol–water partition coefficient (Wildman–Crippen LogP) is 2.64. The van der Waals surface area contributed by atoms with Crippen molar-refractivity contribution in [1.82, 2.24) is 5.32 Å². The van der Waals surface area contributed by atoms with E-state index in [0.717, 1.165) is 0 Å². The number of methoxy groups -OCH3 is 2. The number of ether oxygens (including phenoxy) is 3. The monoisotopic (exact) mass is 309 g/mol. The van der Waals surface area contributed by atoms with E-state index in [0.29, 0.717) is 23.3 Å². The average molecular weight is 309 g/mol. The molecule has 122 valence electrons. The van der Waals surface area contributed by atoms with Gasteiger partial charge in [-0.2, -0.15) is 0 Å². The van der Waals surface area contributed by atoms with Crippen LogP contribution in [0.1, 0.15) is 33.3 Å². The highest BCUT2D eigenvalue weighted by molar-refractivity contribution is 5.78. The highest BCUT2D eigenvalue weighted by Crippen LogP contribution is 2.29. The zero-order valence-electron chi connectivity index (χ0n) is 13.9. The van der Waals surface area contributed by atoms with Gasteiger partial charge in [0.25, 0.3) is 0 Å². The van der Waals surface area contributed by atoms with Crippen LogP contribution in [0.25, 0.3) is 0 Å². The second-order valence-electron chi connectivity index (χ2n) is 6.05. The molecule has 6 nitrogen and oxygen atoms in total. The third-order valence-corrected chi connectivity index (χ3v) is 2.95. The van der Waals surface area contributed by atoms with Crippen molar-refractivity contribution in [3.05, 3.63) is 23.8 Å². The van der Waals surface area contributed by atoms with Gasteiger partial charge in [-0.05, 0) is 45.4 Å². The summed E-state index contributed by atoms with van der Waals surface area (Å²) in [7, 11) is 3.02. The highest BCUT2D eigenvalue weighted by Gasteiger charge is 2.31. The van der Waals surface area contributed by atoms with Crippen molar-refractivity contribution in [2.45, 2.75) is 38.8 Å². The van der Waals surface area contributed by atoms with Gasteiger partial charge in [-0.25, -0.2) is 4.79 Å². The summed E-state index contributed by atoms with van der Waals surface area (Å²) in [4.78, 5) is 23.5. The lowest BCUT2D eigenvalue weighted by Crippen LogP contribution is -2.46. The Hall–Kier alpha value is -2.24. The van der Waals surface area contributed by atoms with Gasteiger partial charge in [-0.3, -0.25) is 0 Å². The van der Waals surface area contributed by atoms with Crippen LogP contribution in [0.5, 0.6) is 11.5 Å². The van der Waals surface area contributed by atoms with Crippen LogP contribution >= 0.6 is 0 Å². The fraction of sp³-hybridized carbons (Fsp3) is 0.500. The van der Waals surface area contributed by atoms with Gasteiger partial charge < -0.3 is 24.3 Å². The number of hydrogen-bond donors (Lipinski definition) is 1. The van der Waals surface area contributed by atoms with Gasteiger partial charge in [0, 0.05) is 6.07 Å². The van der Waals surface area contributed by atoms with Gasteiger partial charge in [-0.15, -0.1) is 0 Å². The third kappa shape index (κ3) is 4.65. The molecule has 6 heteroatoms. The van der Waals surface area contributed by atoms with E-state index in [1.165, 1.54) is 14.2 Å². The zero-order chi connectivity index (χ0) is 17.0. The largest absolute Gasteiger partial charge is 0.497 e.